The van der Waals surface area contributed by atoms with Gasteiger partial charge in [0.25, 0.3) is 0 Å². The van der Waals surface area contributed by atoms with Gasteiger partial charge >= 0.3 is 0 Å². The first kappa shape index (κ1) is 11.8. The van der Waals surface area contributed by atoms with Crippen molar-refractivity contribution in [1.29, 1.82) is 0 Å². The lowest BCUT2D eigenvalue weighted by atomic mass is 10.1. The molecule has 2 aromatic rings. The highest BCUT2D eigenvalue weighted by atomic mass is 35.5. The van der Waals surface area contributed by atoms with Gasteiger partial charge in [0.15, 0.2) is 0 Å². The molecule has 0 amide bonds. The highest BCUT2D eigenvalue weighted by molar-refractivity contribution is 6.29. The zero-order valence-electron chi connectivity index (χ0n) is 10.4. The molecule has 5 heteroatoms. The predicted molar refractivity (Wildman–Crippen MR) is 71.4 cm³/mol. The number of hydrogen-bond donors (Lipinski definition) is 1. The summed E-state index contributed by atoms with van der Waals surface area (Å²) in [7, 11) is 1.92. The van der Waals surface area contributed by atoms with Crippen molar-refractivity contribution in [2.75, 3.05) is 0 Å². The van der Waals surface area contributed by atoms with Crippen LogP contribution in [0.3, 0.4) is 0 Å². The van der Waals surface area contributed by atoms with Crippen molar-refractivity contribution in [1.82, 2.24) is 14.1 Å². The average Bonchev–Trinajstić information content (AvgIpc) is 3.04. The van der Waals surface area contributed by atoms with Crippen LogP contribution in [0.4, 0.5) is 0 Å². The van der Waals surface area contributed by atoms with E-state index in [0.717, 1.165) is 12.4 Å². The second-order valence-corrected chi connectivity index (χ2v) is 5.42. The zero-order valence-corrected chi connectivity index (χ0v) is 11.1. The topological polar surface area (TPSA) is 48.8 Å². The first-order valence-corrected chi connectivity index (χ1v) is 6.60. The second kappa shape index (κ2) is 4.44. The minimum absolute atomic E-state index is 0.191. The molecule has 0 saturated heterocycles. The van der Waals surface area contributed by atoms with Crippen LogP contribution in [-0.2, 0) is 13.6 Å². The Morgan fingerprint density at radius 1 is 1.56 bits per heavy atom. The predicted octanol–water partition coefficient (Wildman–Crippen LogP) is 2.33. The lowest BCUT2D eigenvalue weighted by Crippen LogP contribution is -2.11. The van der Waals surface area contributed by atoms with Crippen LogP contribution in [-0.4, -0.2) is 14.1 Å². The van der Waals surface area contributed by atoms with Gasteiger partial charge in [-0.25, -0.2) is 4.98 Å². The lowest BCUT2D eigenvalue weighted by Gasteiger charge is -2.07. The summed E-state index contributed by atoms with van der Waals surface area (Å²) < 4.78 is 4.00. The Hall–Kier alpha value is -1.26. The summed E-state index contributed by atoms with van der Waals surface area (Å²) in [5, 5.41) is 0.659. The van der Waals surface area contributed by atoms with E-state index >= 15 is 0 Å². The number of nitrogens with zero attached hydrogens (tertiary/aromatic N) is 3. The van der Waals surface area contributed by atoms with Gasteiger partial charge in [-0.2, -0.15) is 0 Å². The van der Waals surface area contributed by atoms with Gasteiger partial charge in [-0.3, -0.25) is 0 Å². The maximum absolute atomic E-state index is 6.19. The van der Waals surface area contributed by atoms with Crippen LogP contribution in [0, 0.1) is 5.92 Å². The maximum atomic E-state index is 6.19. The Balaban J connectivity index is 1.75. The summed E-state index contributed by atoms with van der Waals surface area (Å²) in [6, 6.07) is 2.30. The second-order valence-electron chi connectivity index (χ2n) is 5.04. The fourth-order valence-corrected chi connectivity index (χ4v) is 2.36. The van der Waals surface area contributed by atoms with Crippen molar-refractivity contribution >= 4 is 11.6 Å². The van der Waals surface area contributed by atoms with Gasteiger partial charge in [-0.1, -0.05) is 11.6 Å². The van der Waals surface area contributed by atoms with Gasteiger partial charge in [0, 0.05) is 25.5 Å². The van der Waals surface area contributed by atoms with Crippen LogP contribution in [0.25, 0.3) is 0 Å². The number of imidazole rings is 1. The maximum Gasteiger partial charge on any atom is 0.129 e. The fraction of sp³-hybridized carbons (Fsp3) is 0.462. The SMILES string of the molecule is Cn1c(Cl)cnc1Cn1ccc(C(N)C2CC2)c1. The van der Waals surface area contributed by atoms with Crippen molar-refractivity contribution in [3.05, 3.63) is 41.2 Å². The van der Waals surface area contributed by atoms with Gasteiger partial charge in [0.05, 0.1) is 12.7 Å². The molecule has 0 radical (unpaired) electrons. The van der Waals surface area contributed by atoms with E-state index in [1.807, 2.05) is 11.6 Å². The molecule has 1 unspecified atom stereocenters. The van der Waals surface area contributed by atoms with Crippen LogP contribution in [0.1, 0.15) is 30.3 Å². The Kier molecular flexibility index (Phi) is 2.92. The van der Waals surface area contributed by atoms with Crippen LogP contribution in [0.5, 0.6) is 0 Å². The van der Waals surface area contributed by atoms with Crippen molar-refractivity contribution in [3.8, 4) is 0 Å². The van der Waals surface area contributed by atoms with E-state index in [1.165, 1.54) is 18.4 Å². The zero-order chi connectivity index (χ0) is 12.7. The Labute approximate surface area is 111 Å². The minimum Gasteiger partial charge on any atom is -0.346 e. The van der Waals surface area contributed by atoms with Gasteiger partial charge < -0.3 is 14.9 Å². The van der Waals surface area contributed by atoms with Crippen LogP contribution >= 0.6 is 11.6 Å². The van der Waals surface area contributed by atoms with E-state index in [4.69, 9.17) is 17.3 Å². The smallest absolute Gasteiger partial charge is 0.129 e. The number of aromatic nitrogens is 3. The molecule has 2 heterocycles. The molecule has 1 saturated carbocycles. The summed E-state index contributed by atoms with van der Waals surface area (Å²) in [6.45, 7) is 0.723. The Morgan fingerprint density at radius 3 is 2.94 bits per heavy atom. The molecule has 0 aliphatic heterocycles. The first-order valence-electron chi connectivity index (χ1n) is 6.22. The molecule has 0 spiro atoms. The Bertz CT molecular complexity index is 553. The largest absolute Gasteiger partial charge is 0.346 e. The number of nitrogens with two attached hydrogens (primary N) is 1. The summed E-state index contributed by atoms with van der Waals surface area (Å²) in [6.07, 6.45) is 8.38. The monoisotopic (exact) mass is 264 g/mol. The van der Waals surface area contributed by atoms with Crippen LogP contribution < -0.4 is 5.73 Å². The van der Waals surface area contributed by atoms with Gasteiger partial charge in [-0.05, 0) is 30.4 Å². The van der Waals surface area contributed by atoms with Crippen molar-refractivity contribution < 1.29 is 0 Å². The molecule has 4 nitrogen and oxygen atoms in total. The van der Waals surface area contributed by atoms with E-state index in [0.29, 0.717) is 11.1 Å². The molecule has 0 bridgehead atoms. The van der Waals surface area contributed by atoms with Gasteiger partial charge in [0.2, 0.25) is 0 Å². The molecule has 0 aromatic carbocycles. The molecule has 2 N–H and O–H groups in total. The number of rotatable bonds is 4. The van der Waals surface area contributed by atoms with Crippen LogP contribution in [0.15, 0.2) is 24.7 Å². The van der Waals surface area contributed by atoms with Crippen LogP contribution in [0.2, 0.25) is 5.15 Å². The third-order valence-electron chi connectivity index (χ3n) is 3.64. The third-order valence-corrected chi connectivity index (χ3v) is 3.99. The number of halogens is 1. The average molecular weight is 265 g/mol. The molecular weight excluding hydrogens is 248 g/mol. The summed E-state index contributed by atoms with van der Waals surface area (Å²) in [5.74, 6) is 1.63. The summed E-state index contributed by atoms with van der Waals surface area (Å²) in [5.41, 5.74) is 7.41. The van der Waals surface area contributed by atoms with Gasteiger partial charge in [0.1, 0.15) is 11.0 Å². The van der Waals surface area contributed by atoms with E-state index in [9.17, 15) is 0 Å². The van der Waals surface area contributed by atoms with Crippen molar-refractivity contribution in [2.45, 2.75) is 25.4 Å². The quantitative estimate of drug-likeness (QED) is 0.921. The molecule has 18 heavy (non-hydrogen) atoms. The Morgan fingerprint density at radius 2 is 2.33 bits per heavy atom. The minimum atomic E-state index is 0.191. The summed E-state index contributed by atoms with van der Waals surface area (Å²) >= 11 is 5.97. The standard InChI is InChI=1S/C13H17ClN4/c1-17-11(14)6-16-12(17)8-18-5-4-10(7-18)13(15)9-2-3-9/h4-7,9,13H,2-3,8,15H2,1H3. The molecule has 96 valence electrons. The molecule has 1 fully saturated rings. The highest BCUT2D eigenvalue weighted by Gasteiger charge is 2.29. The van der Waals surface area contributed by atoms with E-state index < -0.39 is 0 Å². The summed E-state index contributed by atoms with van der Waals surface area (Å²) in [4.78, 5) is 4.29. The number of hydrogen-bond acceptors (Lipinski definition) is 2. The first-order chi connectivity index (χ1) is 8.65. The van der Waals surface area contributed by atoms with Crippen molar-refractivity contribution in [3.63, 3.8) is 0 Å². The molecule has 1 atom stereocenters. The van der Waals surface area contributed by atoms with Gasteiger partial charge in [-0.15, -0.1) is 0 Å². The van der Waals surface area contributed by atoms with E-state index in [2.05, 4.69) is 28.0 Å². The highest BCUT2D eigenvalue weighted by Crippen LogP contribution is 2.39. The molecule has 2 aromatic heterocycles. The van der Waals surface area contributed by atoms with E-state index in [1.54, 1.807) is 6.20 Å². The fourth-order valence-electron chi connectivity index (χ4n) is 2.22. The third kappa shape index (κ3) is 2.18. The lowest BCUT2D eigenvalue weighted by molar-refractivity contribution is 0.628. The molecule has 1 aliphatic carbocycles. The van der Waals surface area contributed by atoms with Crippen molar-refractivity contribution in [2.24, 2.45) is 18.7 Å². The molecular formula is C13H17ClN4. The molecule has 1 aliphatic rings. The van der Waals surface area contributed by atoms with E-state index in [-0.39, 0.29) is 6.04 Å². The normalized spacial score (nSPS) is 17.1. The molecule has 3 rings (SSSR count).